The third-order valence-electron chi connectivity index (χ3n) is 2.65. The second-order valence-electron chi connectivity index (χ2n) is 5.09. The summed E-state index contributed by atoms with van der Waals surface area (Å²) in [5.74, 6) is 0. The first-order valence-electron chi connectivity index (χ1n) is 6.38. The predicted octanol–water partition coefficient (Wildman–Crippen LogP) is 1.80. The Hall–Kier alpha value is -0.330. The van der Waals surface area contributed by atoms with Crippen LogP contribution in [0.25, 0.3) is 0 Å². The van der Waals surface area contributed by atoms with Gasteiger partial charge in [0.1, 0.15) is 0 Å². The molecule has 0 aromatic rings. The molecular weight excluding hydrogens is 243 g/mol. The molecule has 0 aliphatic carbocycles. The van der Waals surface area contributed by atoms with Crippen LogP contribution in [0.1, 0.15) is 20.3 Å². The normalized spacial score (nSPS) is 13.0. The maximum absolute atomic E-state index is 12.3. The maximum Gasteiger partial charge on any atom is 0.401 e. The van der Waals surface area contributed by atoms with Gasteiger partial charge in [-0.25, -0.2) is 0 Å². The van der Waals surface area contributed by atoms with Crippen molar-refractivity contribution in [1.82, 2.24) is 15.1 Å². The zero-order valence-corrected chi connectivity index (χ0v) is 11.8. The van der Waals surface area contributed by atoms with Crippen LogP contribution in [0.4, 0.5) is 13.2 Å². The fourth-order valence-electron chi connectivity index (χ4n) is 1.62. The third-order valence-corrected chi connectivity index (χ3v) is 2.65. The molecule has 0 radical (unpaired) electrons. The Morgan fingerprint density at radius 2 is 1.67 bits per heavy atom. The van der Waals surface area contributed by atoms with Gasteiger partial charge in [0.2, 0.25) is 0 Å². The van der Waals surface area contributed by atoms with Gasteiger partial charge in [0, 0.05) is 19.1 Å². The first-order valence-corrected chi connectivity index (χ1v) is 6.38. The smallest absolute Gasteiger partial charge is 0.315 e. The Balaban J connectivity index is 3.72. The van der Waals surface area contributed by atoms with E-state index in [1.165, 1.54) is 4.90 Å². The summed E-state index contributed by atoms with van der Waals surface area (Å²) in [6.07, 6.45) is -3.11. The van der Waals surface area contributed by atoms with Gasteiger partial charge >= 0.3 is 6.18 Å². The van der Waals surface area contributed by atoms with Crippen molar-refractivity contribution in [2.24, 2.45) is 0 Å². The second-order valence-corrected chi connectivity index (χ2v) is 5.09. The van der Waals surface area contributed by atoms with Gasteiger partial charge in [0.05, 0.1) is 6.54 Å². The number of alkyl halides is 3. The van der Waals surface area contributed by atoms with Gasteiger partial charge in [0.25, 0.3) is 0 Å². The Bertz CT molecular complexity index is 205. The highest BCUT2D eigenvalue weighted by molar-refractivity contribution is 4.68. The quantitative estimate of drug-likeness (QED) is 0.644. The van der Waals surface area contributed by atoms with Crippen molar-refractivity contribution in [3.63, 3.8) is 0 Å². The molecule has 6 heteroatoms. The van der Waals surface area contributed by atoms with Crippen LogP contribution in [0.3, 0.4) is 0 Å². The molecule has 0 heterocycles. The standard InChI is InChI=1S/C12H26F3N3/c1-11(2)18(10-12(13,14)15)9-7-16-6-5-8-17(3)4/h11,16H,5-10H2,1-4H3. The van der Waals surface area contributed by atoms with Crippen molar-refractivity contribution < 1.29 is 13.2 Å². The Morgan fingerprint density at radius 1 is 1.06 bits per heavy atom. The van der Waals surface area contributed by atoms with Crippen LogP contribution in [-0.2, 0) is 0 Å². The molecule has 1 N–H and O–H groups in total. The lowest BCUT2D eigenvalue weighted by Crippen LogP contribution is -2.42. The summed E-state index contributed by atoms with van der Waals surface area (Å²) in [5, 5.41) is 3.18. The van der Waals surface area contributed by atoms with Crippen LogP contribution in [0.2, 0.25) is 0 Å². The highest BCUT2D eigenvalue weighted by Gasteiger charge is 2.31. The summed E-state index contributed by atoms with van der Waals surface area (Å²) in [7, 11) is 4.01. The Labute approximate surface area is 108 Å². The minimum absolute atomic E-state index is 0.0878. The van der Waals surface area contributed by atoms with Crippen LogP contribution >= 0.6 is 0 Å². The monoisotopic (exact) mass is 269 g/mol. The first-order chi connectivity index (χ1) is 8.22. The summed E-state index contributed by atoms with van der Waals surface area (Å²) in [4.78, 5) is 3.53. The fraction of sp³-hybridized carbons (Fsp3) is 1.00. The fourth-order valence-corrected chi connectivity index (χ4v) is 1.62. The molecule has 18 heavy (non-hydrogen) atoms. The molecule has 0 bridgehead atoms. The summed E-state index contributed by atoms with van der Waals surface area (Å²) in [6, 6.07) is -0.0878. The van der Waals surface area contributed by atoms with E-state index in [2.05, 4.69) is 10.2 Å². The zero-order chi connectivity index (χ0) is 14.2. The molecule has 0 fully saturated rings. The van der Waals surface area contributed by atoms with Crippen molar-refractivity contribution in [1.29, 1.82) is 0 Å². The van der Waals surface area contributed by atoms with Crippen LogP contribution < -0.4 is 5.32 Å². The van der Waals surface area contributed by atoms with E-state index in [0.29, 0.717) is 13.1 Å². The molecule has 0 aliphatic heterocycles. The topological polar surface area (TPSA) is 18.5 Å². The minimum Gasteiger partial charge on any atom is -0.315 e. The maximum atomic E-state index is 12.3. The van der Waals surface area contributed by atoms with Crippen molar-refractivity contribution in [2.75, 3.05) is 46.8 Å². The number of rotatable bonds is 9. The van der Waals surface area contributed by atoms with E-state index in [-0.39, 0.29) is 6.04 Å². The lowest BCUT2D eigenvalue weighted by Gasteiger charge is -2.27. The van der Waals surface area contributed by atoms with E-state index in [0.717, 1.165) is 19.5 Å². The Kier molecular flexibility index (Phi) is 8.56. The third kappa shape index (κ3) is 10.8. The minimum atomic E-state index is -4.12. The molecule has 0 amide bonds. The van der Waals surface area contributed by atoms with Crippen molar-refractivity contribution in [2.45, 2.75) is 32.5 Å². The molecule has 0 atom stereocenters. The largest absolute Gasteiger partial charge is 0.401 e. The molecule has 0 rings (SSSR count). The molecule has 0 spiro atoms. The van der Waals surface area contributed by atoms with E-state index < -0.39 is 12.7 Å². The average molecular weight is 269 g/mol. The average Bonchev–Trinajstić information content (AvgIpc) is 2.18. The highest BCUT2D eigenvalue weighted by Crippen LogP contribution is 2.17. The van der Waals surface area contributed by atoms with E-state index in [1.54, 1.807) is 13.8 Å². The summed E-state index contributed by atoms with van der Waals surface area (Å²) >= 11 is 0. The summed E-state index contributed by atoms with van der Waals surface area (Å²) in [6.45, 7) is 5.61. The van der Waals surface area contributed by atoms with Gasteiger partial charge in [-0.3, -0.25) is 4.90 Å². The number of nitrogens with zero attached hydrogens (tertiary/aromatic N) is 2. The van der Waals surface area contributed by atoms with Gasteiger partial charge in [0.15, 0.2) is 0 Å². The molecule has 0 saturated carbocycles. The number of hydrogen-bond acceptors (Lipinski definition) is 3. The van der Waals surface area contributed by atoms with E-state index in [4.69, 9.17) is 0 Å². The van der Waals surface area contributed by atoms with Crippen LogP contribution in [0.5, 0.6) is 0 Å². The second kappa shape index (κ2) is 8.72. The molecular formula is C12H26F3N3. The van der Waals surface area contributed by atoms with Crippen LogP contribution in [-0.4, -0.2) is 68.8 Å². The van der Waals surface area contributed by atoms with Gasteiger partial charge < -0.3 is 10.2 Å². The SMILES string of the molecule is CC(C)N(CCNCCCN(C)C)CC(F)(F)F. The molecule has 0 aliphatic rings. The van der Waals surface area contributed by atoms with Gasteiger partial charge in [-0.15, -0.1) is 0 Å². The van der Waals surface area contributed by atoms with Gasteiger partial charge in [-0.1, -0.05) is 0 Å². The highest BCUT2D eigenvalue weighted by atomic mass is 19.4. The van der Waals surface area contributed by atoms with Crippen molar-refractivity contribution in [3.8, 4) is 0 Å². The molecule has 0 unspecified atom stereocenters. The summed E-state index contributed by atoms with van der Waals surface area (Å²) < 4.78 is 37.0. The van der Waals surface area contributed by atoms with E-state index >= 15 is 0 Å². The lowest BCUT2D eigenvalue weighted by molar-refractivity contribution is -0.149. The van der Waals surface area contributed by atoms with Crippen molar-refractivity contribution in [3.05, 3.63) is 0 Å². The lowest BCUT2D eigenvalue weighted by atomic mass is 10.3. The number of halogens is 3. The number of hydrogen-bond donors (Lipinski definition) is 1. The predicted molar refractivity (Wildman–Crippen MR) is 68.8 cm³/mol. The van der Waals surface area contributed by atoms with Crippen molar-refractivity contribution >= 4 is 0 Å². The molecule has 3 nitrogen and oxygen atoms in total. The summed E-state index contributed by atoms with van der Waals surface area (Å²) in [5.41, 5.74) is 0. The van der Waals surface area contributed by atoms with E-state index in [1.807, 2.05) is 14.1 Å². The Morgan fingerprint density at radius 3 is 2.11 bits per heavy atom. The molecule has 0 aromatic carbocycles. The molecule has 110 valence electrons. The zero-order valence-electron chi connectivity index (χ0n) is 11.8. The van der Waals surface area contributed by atoms with Crippen LogP contribution in [0.15, 0.2) is 0 Å². The first kappa shape index (κ1) is 17.7. The number of nitrogens with one attached hydrogen (secondary N) is 1. The molecule has 0 saturated heterocycles. The van der Waals surface area contributed by atoms with Gasteiger partial charge in [-0.2, -0.15) is 13.2 Å². The van der Waals surface area contributed by atoms with Gasteiger partial charge in [-0.05, 0) is 47.5 Å². The molecule has 0 aromatic heterocycles. The van der Waals surface area contributed by atoms with E-state index in [9.17, 15) is 13.2 Å². The van der Waals surface area contributed by atoms with Crippen LogP contribution in [0, 0.1) is 0 Å².